The molecule has 3 aromatic heterocycles. The van der Waals surface area contributed by atoms with Crippen LogP contribution in [-0.4, -0.2) is 38.3 Å². The van der Waals surface area contributed by atoms with Gasteiger partial charge in [0.2, 0.25) is 11.9 Å². The third kappa shape index (κ3) is 2.96. The third-order valence-corrected chi connectivity index (χ3v) is 4.41. The highest BCUT2D eigenvalue weighted by molar-refractivity contribution is 5.87. The van der Waals surface area contributed by atoms with Crippen LogP contribution in [0.3, 0.4) is 0 Å². The number of rotatable bonds is 2. The Kier molecular flexibility index (Phi) is 3.97. The van der Waals surface area contributed by atoms with Crippen molar-refractivity contribution in [3.63, 3.8) is 0 Å². The van der Waals surface area contributed by atoms with Crippen LogP contribution in [0.5, 0.6) is 0 Å². The molecular weight excluding hydrogens is 361 g/mol. The number of carbonyl (C=O) groups excluding carboxylic acids is 1. The van der Waals surface area contributed by atoms with Gasteiger partial charge in [0, 0.05) is 25.5 Å². The first kappa shape index (κ1) is 17.3. The minimum atomic E-state index is -4.59. The number of nitrogens with one attached hydrogen (secondary N) is 1. The summed E-state index contributed by atoms with van der Waals surface area (Å²) in [5, 5.41) is 2.76. The van der Waals surface area contributed by atoms with Gasteiger partial charge in [-0.05, 0) is 25.1 Å². The largest absolute Gasteiger partial charge is 0.433 e. The van der Waals surface area contributed by atoms with Gasteiger partial charge in [-0.25, -0.2) is 15.0 Å². The number of hydrogen-bond acceptors (Lipinski definition) is 5. The molecule has 1 amide bonds. The molecule has 1 fully saturated rings. The number of halogens is 3. The number of alkyl halides is 3. The van der Waals surface area contributed by atoms with Crippen molar-refractivity contribution in [2.75, 3.05) is 18.0 Å². The van der Waals surface area contributed by atoms with Crippen LogP contribution in [0.4, 0.5) is 19.1 Å². The molecule has 1 aliphatic rings. The first-order valence-corrected chi connectivity index (χ1v) is 8.24. The van der Waals surface area contributed by atoms with Gasteiger partial charge in [0.25, 0.3) is 0 Å². The van der Waals surface area contributed by atoms with Crippen molar-refractivity contribution in [1.29, 1.82) is 0 Å². The van der Waals surface area contributed by atoms with Crippen LogP contribution in [0.25, 0.3) is 5.65 Å². The molecule has 0 bridgehead atoms. The maximum Gasteiger partial charge on any atom is 0.433 e. The Balaban J connectivity index is 1.85. The molecule has 1 unspecified atom stereocenters. The summed E-state index contributed by atoms with van der Waals surface area (Å²) < 4.78 is 40.9. The zero-order chi connectivity index (χ0) is 19.2. The topological polar surface area (TPSA) is 75.4 Å². The van der Waals surface area contributed by atoms with E-state index in [1.807, 2.05) is 6.07 Å². The van der Waals surface area contributed by atoms with Crippen LogP contribution in [0, 0.1) is 6.92 Å². The molecule has 27 heavy (non-hydrogen) atoms. The number of nitrogens with zero attached hydrogens (tertiary/aromatic N) is 5. The lowest BCUT2D eigenvalue weighted by molar-refractivity contribution is -0.141. The lowest BCUT2D eigenvalue weighted by Gasteiger charge is -2.35. The van der Waals surface area contributed by atoms with E-state index in [1.165, 1.54) is 4.90 Å². The van der Waals surface area contributed by atoms with E-state index in [4.69, 9.17) is 0 Å². The van der Waals surface area contributed by atoms with Crippen LogP contribution in [0.15, 0.2) is 36.7 Å². The highest BCUT2D eigenvalue weighted by Gasteiger charge is 2.38. The lowest BCUT2D eigenvalue weighted by Crippen LogP contribution is -2.51. The van der Waals surface area contributed by atoms with Gasteiger partial charge in [0.05, 0.1) is 11.4 Å². The van der Waals surface area contributed by atoms with Gasteiger partial charge in [-0.1, -0.05) is 6.07 Å². The van der Waals surface area contributed by atoms with Crippen molar-refractivity contribution in [2.45, 2.75) is 19.1 Å². The van der Waals surface area contributed by atoms with E-state index in [1.54, 1.807) is 29.7 Å². The first-order valence-electron chi connectivity index (χ1n) is 8.24. The summed E-state index contributed by atoms with van der Waals surface area (Å²) in [6.45, 7) is 2.32. The number of amides is 1. The molecule has 1 N–H and O–H groups in total. The molecule has 140 valence electrons. The van der Waals surface area contributed by atoms with Gasteiger partial charge < -0.3 is 14.6 Å². The first-order chi connectivity index (χ1) is 12.9. The summed E-state index contributed by atoms with van der Waals surface area (Å²) in [6.07, 6.45) is -1.78. The zero-order valence-corrected chi connectivity index (χ0v) is 14.2. The number of aromatic nitrogens is 4. The number of fused-ring (bicyclic) bond motifs is 1. The Labute approximate surface area is 151 Å². The third-order valence-electron chi connectivity index (χ3n) is 4.41. The van der Waals surface area contributed by atoms with E-state index in [2.05, 4.69) is 20.3 Å². The Hall–Kier alpha value is -3.17. The highest BCUT2D eigenvalue weighted by atomic mass is 19.4. The monoisotopic (exact) mass is 376 g/mol. The number of carbonyl (C=O) groups is 1. The molecule has 0 aliphatic carbocycles. The molecule has 4 rings (SSSR count). The van der Waals surface area contributed by atoms with E-state index >= 15 is 0 Å². The highest BCUT2D eigenvalue weighted by Crippen LogP contribution is 2.32. The molecule has 0 radical (unpaired) electrons. The molecule has 4 heterocycles. The molecular formula is C17H15F3N6O. The van der Waals surface area contributed by atoms with Gasteiger partial charge >= 0.3 is 6.18 Å². The summed E-state index contributed by atoms with van der Waals surface area (Å²) in [6, 6.07) is 5.33. The second kappa shape index (κ2) is 6.22. The normalized spacial score (nSPS) is 18.0. The molecule has 10 heteroatoms. The molecule has 1 atom stereocenters. The van der Waals surface area contributed by atoms with Crippen molar-refractivity contribution in [2.24, 2.45) is 0 Å². The molecule has 3 aromatic rings. The summed E-state index contributed by atoms with van der Waals surface area (Å²) in [7, 11) is 0. The summed E-state index contributed by atoms with van der Waals surface area (Å²) in [5.74, 6) is -0.481. The average Bonchev–Trinajstić information content (AvgIpc) is 2.96. The smallest absolute Gasteiger partial charge is 0.352 e. The van der Waals surface area contributed by atoms with Crippen molar-refractivity contribution in [1.82, 2.24) is 24.7 Å². The molecule has 1 aliphatic heterocycles. The predicted octanol–water partition coefficient (Wildman–Crippen LogP) is 2.13. The maximum atomic E-state index is 13.1. The van der Waals surface area contributed by atoms with Crippen LogP contribution >= 0.6 is 0 Å². The summed E-state index contributed by atoms with van der Waals surface area (Å²) >= 11 is 0. The van der Waals surface area contributed by atoms with Crippen molar-refractivity contribution in [3.8, 4) is 0 Å². The average molecular weight is 376 g/mol. The van der Waals surface area contributed by atoms with E-state index in [0.717, 1.165) is 12.3 Å². The molecule has 0 saturated carbocycles. The maximum absolute atomic E-state index is 13.1. The van der Waals surface area contributed by atoms with Crippen molar-refractivity contribution < 1.29 is 18.0 Å². The van der Waals surface area contributed by atoms with Crippen LogP contribution in [0.1, 0.15) is 23.1 Å². The molecule has 7 nitrogen and oxygen atoms in total. The Bertz CT molecular complexity index is 1020. The van der Waals surface area contributed by atoms with Gasteiger partial charge in [-0.3, -0.25) is 4.79 Å². The Morgan fingerprint density at radius 3 is 2.81 bits per heavy atom. The van der Waals surface area contributed by atoms with Gasteiger partial charge in [-0.15, -0.1) is 0 Å². The summed E-state index contributed by atoms with van der Waals surface area (Å²) in [5.41, 5.74) is 0.782. The summed E-state index contributed by atoms with van der Waals surface area (Å²) in [4.78, 5) is 26.2. The fourth-order valence-corrected chi connectivity index (χ4v) is 3.26. The number of aryl methyl sites for hydroxylation is 1. The van der Waals surface area contributed by atoms with Crippen LogP contribution < -0.4 is 10.2 Å². The minimum Gasteiger partial charge on any atom is -0.352 e. The number of imidazole rings is 1. The minimum absolute atomic E-state index is 0.144. The number of hydrogen-bond donors (Lipinski definition) is 1. The van der Waals surface area contributed by atoms with E-state index in [0.29, 0.717) is 17.0 Å². The van der Waals surface area contributed by atoms with E-state index in [9.17, 15) is 18.0 Å². The number of pyridine rings is 1. The van der Waals surface area contributed by atoms with Gasteiger partial charge in [-0.2, -0.15) is 13.2 Å². The van der Waals surface area contributed by atoms with E-state index in [-0.39, 0.29) is 24.9 Å². The van der Waals surface area contributed by atoms with Crippen molar-refractivity contribution >= 4 is 17.5 Å². The Morgan fingerprint density at radius 2 is 2.04 bits per heavy atom. The SMILES string of the molecule is Cc1nc2ccccn2c1C1C(=O)NCCN1c1nccc(C(F)(F)F)n1. The standard InChI is InChI=1S/C17H15F3N6O/c1-10-13(25-8-3-2-4-12(25)23-10)14-15(27)21-7-9-26(14)16-22-6-5-11(24-16)17(18,19)20/h2-6,8,14H,7,9H2,1H3,(H,21,27). The lowest BCUT2D eigenvalue weighted by atomic mass is 10.1. The zero-order valence-electron chi connectivity index (χ0n) is 14.2. The fourth-order valence-electron chi connectivity index (χ4n) is 3.26. The quantitative estimate of drug-likeness (QED) is 0.742. The second-order valence-corrected chi connectivity index (χ2v) is 6.14. The Morgan fingerprint density at radius 1 is 1.22 bits per heavy atom. The van der Waals surface area contributed by atoms with Crippen LogP contribution in [-0.2, 0) is 11.0 Å². The van der Waals surface area contributed by atoms with E-state index < -0.39 is 17.9 Å². The van der Waals surface area contributed by atoms with Crippen molar-refractivity contribution in [3.05, 3.63) is 53.7 Å². The molecule has 0 spiro atoms. The molecule has 0 aromatic carbocycles. The van der Waals surface area contributed by atoms with Gasteiger partial charge in [0.15, 0.2) is 6.04 Å². The fraction of sp³-hybridized carbons (Fsp3) is 0.294. The molecule has 1 saturated heterocycles. The number of piperazine rings is 1. The number of anilines is 1. The van der Waals surface area contributed by atoms with Gasteiger partial charge in [0.1, 0.15) is 11.3 Å². The van der Waals surface area contributed by atoms with Crippen LogP contribution in [0.2, 0.25) is 0 Å². The second-order valence-electron chi connectivity index (χ2n) is 6.14. The predicted molar refractivity (Wildman–Crippen MR) is 90.1 cm³/mol.